The summed E-state index contributed by atoms with van der Waals surface area (Å²) in [4.78, 5) is 11.5. The number of rotatable bonds is 4. The lowest BCUT2D eigenvalue weighted by molar-refractivity contribution is -0.119. The molecule has 1 aliphatic heterocycles. The van der Waals surface area contributed by atoms with Gasteiger partial charge in [0.15, 0.2) is 11.5 Å². The molecule has 1 aromatic rings. The minimum Gasteiger partial charge on any atom is -0.493 e. The molecule has 1 aliphatic carbocycles. The van der Waals surface area contributed by atoms with Crippen LogP contribution in [0.3, 0.4) is 0 Å². The van der Waals surface area contributed by atoms with Gasteiger partial charge in [-0.2, -0.15) is 0 Å². The summed E-state index contributed by atoms with van der Waals surface area (Å²) in [7, 11) is 1.35. The van der Waals surface area contributed by atoms with Crippen molar-refractivity contribution in [3.05, 3.63) is 23.8 Å². The fourth-order valence-corrected chi connectivity index (χ4v) is 2.31. The van der Waals surface area contributed by atoms with E-state index in [9.17, 15) is 4.79 Å². The van der Waals surface area contributed by atoms with Crippen molar-refractivity contribution in [3.8, 4) is 11.5 Å². The SMILES string of the molecule is [2H]C1([2H])C(Oc2cc(C3CNC(=O)C3)ccc2OC)C([2H])([2H])C([2H])([2H])C1([2H])[2H]. The number of carbonyl (C=O) groups is 1. The average molecular weight is 283 g/mol. The number of ether oxygens (including phenoxy) is 2. The molecule has 108 valence electrons. The first-order valence-electron chi connectivity index (χ1n) is 10.4. The molecule has 2 fully saturated rings. The van der Waals surface area contributed by atoms with Crippen LogP contribution in [0.15, 0.2) is 18.2 Å². The summed E-state index contributed by atoms with van der Waals surface area (Å²) < 4.78 is 74.5. The lowest BCUT2D eigenvalue weighted by Gasteiger charge is -2.18. The highest BCUT2D eigenvalue weighted by atomic mass is 16.5. The highest BCUT2D eigenvalue weighted by molar-refractivity contribution is 5.79. The number of methoxy groups -OCH3 is 1. The molecule has 1 unspecified atom stereocenters. The molecular weight excluding hydrogens is 254 g/mol. The first kappa shape index (κ1) is 6.83. The molecular formula is C16H21NO3. The third kappa shape index (κ3) is 2.74. The lowest BCUT2D eigenvalue weighted by atomic mass is 9.98. The molecule has 0 aromatic heterocycles. The third-order valence-corrected chi connectivity index (χ3v) is 3.35. The van der Waals surface area contributed by atoms with Crippen molar-refractivity contribution in [3.63, 3.8) is 0 Å². The van der Waals surface area contributed by atoms with Gasteiger partial charge in [-0.3, -0.25) is 4.79 Å². The molecule has 0 bridgehead atoms. The van der Waals surface area contributed by atoms with E-state index in [1.54, 1.807) is 6.07 Å². The van der Waals surface area contributed by atoms with Gasteiger partial charge < -0.3 is 14.8 Å². The van der Waals surface area contributed by atoms with E-state index < -0.39 is 31.6 Å². The van der Waals surface area contributed by atoms with E-state index in [0.29, 0.717) is 12.1 Å². The van der Waals surface area contributed by atoms with Crippen molar-refractivity contribution in [1.29, 1.82) is 0 Å². The van der Waals surface area contributed by atoms with E-state index in [1.807, 2.05) is 0 Å². The smallest absolute Gasteiger partial charge is 0.220 e. The first-order chi connectivity index (χ1) is 12.8. The van der Waals surface area contributed by atoms with Gasteiger partial charge in [0.25, 0.3) is 0 Å². The monoisotopic (exact) mass is 283 g/mol. The molecule has 1 saturated carbocycles. The second-order valence-corrected chi connectivity index (χ2v) is 4.65. The van der Waals surface area contributed by atoms with E-state index in [4.69, 9.17) is 20.4 Å². The van der Waals surface area contributed by atoms with Gasteiger partial charge in [0.2, 0.25) is 5.91 Å². The van der Waals surface area contributed by atoms with Gasteiger partial charge in [-0.1, -0.05) is 6.07 Å². The van der Waals surface area contributed by atoms with Crippen LogP contribution in [0.25, 0.3) is 0 Å². The van der Waals surface area contributed by atoms with Gasteiger partial charge in [-0.15, -0.1) is 0 Å². The maximum absolute atomic E-state index is 11.5. The number of carbonyl (C=O) groups excluding carboxylic acids is 1. The van der Waals surface area contributed by atoms with Gasteiger partial charge in [-0.25, -0.2) is 0 Å². The fourth-order valence-electron chi connectivity index (χ4n) is 2.31. The summed E-state index contributed by atoms with van der Waals surface area (Å²) in [6, 6.07) is 4.75. The zero-order valence-corrected chi connectivity index (χ0v) is 11.0. The van der Waals surface area contributed by atoms with Crippen LogP contribution in [0.4, 0.5) is 0 Å². The molecule has 3 rings (SSSR count). The summed E-state index contributed by atoms with van der Waals surface area (Å²) in [6.45, 7) is 0.417. The maximum Gasteiger partial charge on any atom is 0.220 e. The Kier molecular flexibility index (Phi) is 1.96. The summed E-state index contributed by atoms with van der Waals surface area (Å²) in [5, 5.41) is 2.71. The first-order valence-corrected chi connectivity index (χ1v) is 6.38. The third-order valence-electron chi connectivity index (χ3n) is 3.35. The Bertz CT molecular complexity index is 772. The van der Waals surface area contributed by atoms with Crippen molar-refractivity contribution in [2.45, 2.75) is 43.9 Å². The van der Waals surface area contributed by atoms with E-state index in [2.05, 4.69) is 5.32 Å². The Balaban J connectivity index is 2.01. The second kappa shape index (κ2) is 5.73. The van der Waals surface area contributed by atoms with E-state index in [1.165, 1.54) is 19.2 Å². The highest BCUT2D eigenvalue weighted by Crippen LogP contribution is 2.35. The Morgan fingerprint density at radius 3 is 2.75 bits per heavy atom. The normalized spacial score (nSPS) is 38.9. The zero-order chi connectivity index (χ0) is 21.1. The zero-order valence-electron chi connectivity index (χ0n) is 19.0. The quantitative estimate of drug-likeness (QED) is 0.924. The molecule has 20 heavy (non-hydrogen) atoms. The molecule has 1 saturated heterocycles. The largest absolute Gasteiger partial charge is 0.493 e. The van der Waals surface area contributed by atoms with Gasteiger partial charge in [0.05, 0.1) is 13.2 Å². The molecule has 2 aliphatic rings. The number of hydrogen-bond donors (Lipinski definition) is 1. The number of benzene rings is 1. The molecule has 4 nitrogen and oxygen atoms in total. The molecule has 1 amide bonds. The van der Waals surface area contributed by atoms with Crippen LogP contribution in [-0.4, -0.2) is 25.7 Å². The minimum atomic E-state index is -3.12. The molecule has 0 radical (unpaired) electrons. The predicted octanol–water partition coefficient (Wildman–Crippen LogP) is 2.62. The van der Waals surface area contributed by atoms with E-state index in [-0.39, 0.29) is 29.7 Å². The van der Waals surface area contributed by atoms with Gasteiger partial charge in [-0.05, 0) is 43.2 Å². The van der Waals surface area contributed by atoms with Gasteiger partial charge in [0.1, 0.15) is 0 Å². The minimum absolute atomic E-state index is 0.0365. The van der Waals surface area contributed by atoms with Crippen LogP contribution in [0, 0.1) is 0 Å². The van der Waals surface area contributed by atoms with E-state index in [0.717, 1.165) is 0 Å². The summed E-state index contributed by atoms with van der Waals surface area (Å²) in [6.07, 6.45) is -13.9. The molecule has 0 spiro atoms. The molecule has 1 atom stereocenters. The molecule has 4 heteroatoms. The number of hydrogen-bond acceptors (Lipinski definition) is 3. The topological polar surface area (TPSA) is 47.6 Å². The predicted molar refractivity (Wildman–Crippen MR) is 76.2 cm³/mol. The van der Waals surface area contributed by atoms with Crippen molar-refractivity contribution in [1.82, 2.24) is 5.32 Å². The summed E-state index contributed by atoms with van der Waals surface area (Å²) >= 11 is 0. The Morgan fingerprint density at radius 1 is 1.30 bits per heavy atom. The van der Waals surface area contributed by atoms with Crippen LogP contribution in [-0.2, 0) is 4.79 Å². The Labute approximate surface area is 130 Å². The van der Waals surface area contributed by atoms with Crippen LogP contribution >= 0.6 is 0 Å². The molecule has 1 heterocycles. The Morgan fingerprint density at radius 2 is 2.10 bits per heavy atom. The van der Waals surface area contributed by atoms with Gasteiger partial charge in [0, 0.05) is 29.8 Å². The van der Waals surface area contributed by atoms with E-state index >= 15 is 0 Å². The standard InChI is InChI=1S/C16H21NO3/c1-19-14-7-6-11(12-9-16(18)17-10-12)8-15(14)20-13-4-2-3-5-13/h6-8,12-13H,2-5,9-10H2,1H3,(H,17,18)/i2D2,3D2,4D2,5D2. The number of nitrogens with one attached hydrogen (secondary N) is 1. The molecule has 1 N–H and O–H groups in total. The Hall–Kier alpha value is -1.71. The molecule has 1 aromatic carbocycles. The van der Waals surface area contributed by atoms with Crippen LogP contribution in [0.2, 0.25) is 0 Å². The lowest BCUT2D eigenvalue weighted by Crippen LogP contribution is -2.14. The van der Waals surface area contributed by atoms with Crippen molar-refractivity contribution < 1.29 is 25.2 Å². The summed E-state index contributed by atoms with van der Waals surface area (Å²) in [5.41, 5.74) is 0.694. The van der Waals surface area contributed by atoms with Crippen molar-refractivity contribution >= 4 is 5.91 Å². The van der Waals surface area contributed by atoms with Crippen molar-refractivity contribution in [2.24, 2.45) is 0 Å². The van der Waals surface area contributed by atoms with Crippen LogP contribution < -0.4 is 14.8 Å². The number of amides is 1. The van der Waals surface area contributed by atoms with Gasteiger partial charge >= 0.3 is 0 Å². The average Bonchev–Trinajstić information content (AvgIpc) is 3.06. The van der Waals surface area contributed by atoms with Crippen LogP contribution in [0.1, 0.15) is 54.4 Å². The fraction of sp³-hybridized carbons (Fsp3) is 0.562. The second-order valence-electron chi connectivity index (χ2n) is 4.65. The van der Waals surface area contributed by atoms with Crippen LogP contribution in [0.5, 0.6) is 11.5 Å². The van der Waals surface area contributed by atoms with Crippen molar-refractivity contribution in [2.75, 3.05) is 13.7 Å². The highest BCUT2D eigenvalue weighted by Gasteiger charge is 2.25. The maximum atomic E-state index is 11.5. The summed E-state index contributed by atoms with van der Waals surface area (Å²) in [5.74, 6) is -0.116.